The van der Waals surface area contributed by atoms with Crippen LogP contribution in [0.25, 0.3) is 0 Å². The molecule has 0 saturated carbocycles. The van der Waals surface area contributed by atoms with Gasteiger partial charge in [-0.3, -0.25) is 9.59 Å². The van der Waals surface area contributed by atoms with Crippen molar-refractivity contribution in [1.29, 1.82) is 0 Å². The van der Waals surface area contributed by atoms with Crippen LogP contribution in [0.15, 0.2) is 29.1 Å². The van der Waals surface area contributed by atoms with Crippen LogP contribution in [0.3, 0.4) is 0 Å². The van der Waals surface area contributed by atoms with E-state index in [1.54, 1.807) is 32.2 Å². The Morgan fingerprint density at radius 2 is 2.04 bits per heavy atom. The van der Waals surface area contributed by atoms with Crippen molar-refractivity contribution in [2.45, 2.75) is 19.3 Å². The van der Waals surface area contributed by atoms with E-state index in [0.29, 0.717) is 22.8 Å². The minimum Gasteiger partial charge on any atom is -0.504 e. The van der Waals surface area contributed by atoms with Gasteiger partial charge in [0.25, 0.3) is 5.56 Å². The first-order valence-corrected chi connectivity index (χ1v) is 7.20. The van der Waals surface area contributed by atoms with Crippen LogP contribution in [0.1, 0.15) is 29.2 Å². The average Bonchev–Trinajstić information content (AvgIpc) is 2.52. The van der Waals surface area contributed by atoms with E-state index in [1.807, 2.05) is 0 Å². The van der Waals surface area contributed by atoms with Gasteiger partial charge in [-0.2, -0.15) is 0 Å². The molecule has 0 saturated heterocycles. The Hall–Kier alpha value is -2.76. The number of ether oxygens (including phenoxy) is 2. The minimum atomic E-state index is -0.431. The van der Waals surface area contributed by atoms with Gasteiger partial charge in [0, 0.05) is 24.7 Å². The van der Waals surface area contributed by atoms with Crippen LogP contribution >= 0.6 is 0 Å². The van der Waals surface area contributed by atoms with E-state index in [0.717, 1.165) is 5.56 Å². The molecule has 1 aliphatic heterocycles. The Bertz CT molecular complexity index is 853. The smallest absolute Gasteiger partial charge is 0.312 e. The number of aromatic hydroxyl groups is 1. The predicted octanol–water partition coefficient (Wildman–Crippen LogP) is 1.85. The van der Waals surface area contributed by atoms with Crippen molar-refractivity contribution in [3.63, 3.8) is 0 Å². The van der Waals surface area contributed by atoms with Crippen molar-refractivity contribution in [1.82, 2.24) is 4.57 Å². The van der Waals surface area contributed by atoms with Gasteiger partial charge in [0.1, 0.15) is 5.75 Å². The van der Waals surface area contributed by atoms with Gasteiger partial charge in [0.2, 0.25) is 0 Å². The van der Waals surface area contributed by atoms with Crippen molar-refractivity contribution >= 4 is 5.97 Å². The van der Waals surface area contributed by atoms with Gasteiger partial charge in [-0.05, 0) is 24.6 Å². The first kappa shape index (κ1) is 15.1. The number of hydrogen-bond acceptors (Lipinski definition) is 5. The lowest BCUT2D eigenvalue weighted by Gasteiger charge is -2.25. The second kappa shape index (κ2) is 5.46. The van der Waals surface area contributed by atoms with Gasteiger partial charge in [-0.1, -0.05) is 6.07 Å². The van der Waals surface area contributed by atoms with Gasteiger partial charge >= 0.3 is 5.97 Å². The molecule has 1 aromatic heterocycles. The van der Waals surface area contributed by atoms with E-state index < -0.39 is 5.92 Å². The molecule has 3 rings (SSSR count). The normalized spacial score (nSPS) is 16.7. The fraction of sp³-hybridized carbons (Fsp3) is 0.294. The molecule has 1 aromatic carbocycles. The van der Waals surface area contributed by atoms with Crippen molar-refractivity contribution < 1.29 is 19.4 Å². The number of hydrogen-bond donors (Lipinski definition) is 1. The van der Waals surface area contributed by atoms with E-state index in [4.69, 9.17) is 9.47 Å². The minimum absolute atomic E-state index is 0.00617. The maximum atomic E-state index is 12.6. The molecule has 1 atom stereocenters. The molecule has 0 amide bonds. The Morgan fingerprint density at radius 1 is 1.30 bits per heavy atom. The van der Waals surface area contributed by atoms with E-state index in [9.17, 15) is 14.7 Å². The number of aryl methyl sites for hydroxylation is 1. The van der Waals surface area contributed by atoms with Crippen LogP contribution in [0.4, 0.5) is 0 Å². The Morgan fingerprint density at radius 3 is 2.74 bits per heavy atom. The highest BCUT2D eigenvalue weighted by Crippen LogP contribution is 2.39. The fourth-order valence-electron chi connectivity index (χ4n) is 2.84. The average molecular weight is 315 g/mol. The van der Waals surface area contributed by atoms with Crippen molar-refractivity contribution in [3.05, 3.63) is 51.4 Å². The maximum Gasteiger partial charge on any atom is 0.312 e. The summed E-state index contributed by atoms with van der Waals surface area (Å²) >= 11 is 0. The van der Waals surface area contributed by atoms with E-state index >= 15 is 0 Å². The SMILES string of the molecule is COc1cc([C@@H]2CC(=O)Oc3cc(C)n(C)c(=O)c32)ccc1O. The first-order valence-electron chi connectivity index (χ1n) is 7.20. The van der Waals surface area contributed by atoms with Crippen LogP contribution in [0.5, 0.6) is 17.2 Å². The fourth-order valence-corrected chi connectivity index (χ4v) is 2.84. The monoisotopic (exact) mass is 315 g/mol. The summed E-state index contributed by atoms with van der Waals surface area (Å²) in [7, 11) is 3.13. The van der Waals surface area contributed by atoms with E-state index in [-0.39, 0.29) is 23.7 Å². The lowest BCUT2D eigenvalue weighted by atomic mass is 9.86. The standard InChI is InChI=1S/C17H17NO5/c1-9-6-14-16(17(21)18(9)2)11(8-15(20)23-14)10-4-5-12(19)13(7-10)22-3/h4-7,11,19H,8H2,1-3H3/t11-/m0/s1. The summed E-state index contributed by atoms with van der Waals surface area (Å²) in [6.45, 7) is 1.78. The summed E-state index contributed by atoms with van der Waals surface area (Å²) in [5, 5.41) is 9.73. The van der Waals surface area contributed by atoms with Gasteiger partial charge in [-0.25, -0.2) is 0 Å². The second-order valence-electron chi connectivity index (χ2n) is 5.59. The lowest BCUT2D eigenvalue weighted by molar-refractivity contribution is -0.135. The number of esters is 1. The number of pyridine rings is 1. The molecule has 0 unspecified atom stereocenters. The molecular weight excluding hydrogens is 298 g/mol. The lowest BCUT2D eigenvalue weighted by Crippen LogP contribution is -2.31. The van der Waals surface area contributed by atoms with Crippen LogP contribution in [-0.2, 0) is 11.8 Å². The third kappa shape index (κ3) is 2.46. The number of phenolic OH excluding ortho intramolecular Hbond substituents is 1. The zero-order chi connectivity index (χ0) is 16.7. The van der Waals surface area contributed by atoms with Gasteiger partial charge in [0.05, 0.1) is 19.1 Å². The van der Waals surface area contributed by atoms with Crippen LogP contribution in [0, 0.1) is 6.92 Å². The maximum absolute atomic E-state index is 12.6. The van der Waals surface area contributed by atoms with Gasteiger partial charge in [-0.15, -0.1) is 0 Å². The van der Waals surface area contributed by atoms with Gasteiger partial charge < -0.3 is 19.1 Å². The first-order chi connectivity index (χ1) is 10.9. The molecule has 6 nitrogen and oxygen atoms in total. The zero-order valence-corrected chi connectivity index (χ0v) is 13.1. The molecule has 2 heterocycles. The van der Waals surface area contributed by atoms with Gasteiger partial charge in [0.15, 0.2) is 11.5 Å². The molecule has 0 spiro atoms. The third-order valence-corrected chi connectivity index (χ3v) is 4.22. The largest absolute Gasteiger partial charge is 0.504 e. The number of carbonyl (C=O) groups excluding carboxylic acids is 1. The summed E-state index contributed by atoms with van der Waals surface area (Å²) in [4.78, 5) is 24.6. The van der Waals surface area contributed by atoms with Crippen molar-refractivity contribution in [2.24, 2.45) is 7.05 Å². The van der Waals surface area contributed by atoms with E-state index in [1.165, 1.54) is 17.7 Å². The number of aromatic nitrogens is 1. The number of carbonyl (C=O) groups is 1. The molecule has 1 N–H and O–H groups in total. The number of fused-ring (bicyclic) bond motifs is 1. The molecule has 0 bridgehead atoms. The summed E-state index contributed by atoms with van der Waals surface area (Å²) in [6, 6.07) is 6.51. The molecule has 23 heavy (non-hydrogen) atoms. The molecule has 1 aliphatic rings. The molecular formula is C17H17NO5. The van der Waals surface area contributed by atoms with Crippen LogP contribution in [0.2, 0.25) is 0 Å². The van der Waals surface area contributed by atoms with Crippen LogP contribution < -0.4 is 15.0 Å². The summed E-state index contributed by atoms with van der Waals surface area (Å²) in [5.74, 6) is -0.209. The summed E-state index contributed by atoms with van der Waals surface area (Å²) < 4.78 is 11.9. The van der Waals surface area contributed by atoms with Crippen molar-refractivity contribution in [2.75, 3.05) is 7.11 Å². The molecule has 120 valence electrons. The Balaban J connectivity index is 2.21. The molecule has 6 heteroatoms. The highest BCUT2D eigenvalue weighted by molar-refractivity contribution is 5.77. The molecule has 0 fully saturated rings. The second-order valence-corrected chi connectivity index (χ2v) is 5.59. The van der Waals surface area contributed by atoms with Crippen molar-refractivity contribution in [3.8, 4) is 17.2 Å². The molecule has 2 aromatic rings. The number of benzene rings is 1. The summed E-state index contributed by atoms with van der Waals surface area (Å²) in [5.41, 5.74) is 1.69. The van der Waals surface area contributed by atoms with Crippen LogP contribution in [-0.4, -0.2) is 22.8 Å². The quantitative estimate of drug-likeness (QED) is 0.856. The highest BCUT2D eigenvalue weighted by atomic mass is 16.5. The number of phenols is 1. The summed E-state index contributed by atoms with van der Waals surface area (Å²) in [6.07, 6.45) is 0.0687. The number of methoxy groups -OCH3 is 1. The zero-order valence-electron chi connectivity index (χ0n) is 13.1. The number of rotatable bonds is 2. The Labute approximate surface area is 132 Å². The third-order valence-electron chi connectivity index (χ3n) is 4.22. The number of nitrogens with zero attached hydrogens (tertiary/aromatic N) is 1. The highest BCUT2D eigenvalue weighted by Gasteiger charge is 2.32. The topological polar surface area (TPSA) is 77.8 Å². The molecule has 0 radical (unpaired) electrons. The molecule has 0 aliphatic carbocycles. The Kier molecular flexibility index (Phi) is 3.60. The van der Waals surface area contributed by atoms with E-state index in [2.05, 4.69) is 0 Å². The predicted molar refractivity (Wildman–Crippen MR) is 83.2 cm³/mol.